The molecule has 1 N–H and O–H groups in total. The minimum atomic E-state index is -3.52. The maximum atomic E-state index is 12.7. The number of fused-ring (bicyclic) bond motifs is 1. The monoisotopic (exact) mass is 414 g/mol. The zero-order chi connectivity index (χ0) is 20.9. The second-order valence-electron chi connectivity index (χ2n) is 6.69. The lowest BCUT2D eigenvalue weighted by Gasteiger charge is -2.18. The summed E-state index contributed by atoms with van der Waals surface area (Å²) in [5.74, 6) is -0.0450. The van der Waals surface area contributed by atoms with Crippen molar-refractivity contribution in [1.29, 1.82) is 0 Å². The lowest BCUT2D eigenvalue weighted by atomic mass is 10.2. The van der Waals surface area contributed by atoms with Gasteiger partial charge >= 0.3 is 0 Å². The number of aromatic nitrogens is 2. The number of rotatable bonds is 9. The summed E-state index contributed by atoms with van der Waals surface area (Å²) < 4.78 is 28.7. The number of nitrogens with zero attached hydrogens (tertiary/aromatic N) is 3. The fourth-order valence-corrected chi connectivity index (χ4v) is 4.68. The molecule has 0 aliphatic carbocycles. The van der Waals surface area contributed by atoms with Gasteiger partial charge in [0.25, 0.3) is 0 Å². The summed E-state index contributed by atoms with van der Waals surface area (Å²) >= 11 is 0. The van der Waals surface area contributed by atoms with Crippen LogP contribution in [0.1, 0.15) is 25.8 Å². The van der Waals surface area contributed by atoms with Crippen LogP contribution in [0.4, 0.5) is 0 Å². The molecule has 0 spiro atoms. The van der Waals surface area contributed by atoms with Crippen LogP contribution < -0.4 is 5.32 Å². The van der Waals surface area contributed by atoms with Crippen molar-refractivity contribution in [3.63, 3.8) is 0 Å². The Bertz CT molecular complexity index is 1070. The third kappa shape index (κ3) is 4.83. The molecule has 8 heteroatoms. The van der Waals surface area contributed by atoms with E-state index in [0.717, 1.165) is 11.1 Å². The van der Waals surface area contributed by atoms with Gasteiger partial charge in [0, 0.05) is 32.6 Å². The first-order chi connectivity index (χ1) is 14.0. The number of amides is 1. The van der Waals surface area contributed by atoms with Gasteiger partial charge in [-0.25, -0.2) is 13.4 Å². The Labute approximate surface area is 171 Å². The Hall–Kier alpha value is -2.71. The van der Waals surface area contributed by atoms with Crippen molar-refractivity contribution >= 4 is 27.0 Å². The third-order valence-corrected chi connectivity index (χ3v) is 6.89. The fraction of sp³-hybridized carbons (Fsp3) is 0.333. The van der Waals surface area contributed by atoms with Gasteiger partial charge in [-0.2, -0.15) is 4.31 Å². The quantitative estimate of drug-likeness (QED) is 0.584. The zero-order valence-electron chi connectivity index (χ0n) is 16.7. The third-order valence-electron chi connectivity index (χ3n) is 4.85. The van der Waals surface area contributed by atoms with Gasteiger partial charge in [0.2, 0.25) is 15.9 Å². The molecule has 0 saturated carbocycles. The number of hydrogen-bond acceptors (Lipinski definition) is 4. The molecule has 0 bridgehead atoms. The Morgan fingerprint density at radius 1 is 1.10 bits per heavy atom. The number of carbonyl (C=O) groups is 1. The SMILES string of the molecule is CCN(CC)S(=O)(=O)c1ccc2c(c1)ncn2CCC(=O)NCc1ccccc1. The van der Waals surface area contributed by atoms with Crippen LogP contribution in [0.3, 0.4) is 0 Å². The molecule has 0 atom stereocenters. The molecule has 29 heavy (non-hydrogen) atoms. The molecule has 0 saturated heterocycles. The standard InChI is InChI=1S/C21H26N4O3S/c1-3-25(4-2)29(27,28)18-10-11-20-19(14-18)23-16-24(20)13-12-21(26)22-15-17-8-6-5-7-9-17/h5-11,14,16H,3-4,12-13,15H2,1-2H3,(H,22,26). The molecule has 1 aromatic heterocycles. The van der Waals surface area contributed by atoms with Gasteiger partial charge in [-0.3, -0.25) is 4.79 Å². The van der Waals surface area contributed by atoms with Crippen molar-refractivity contribution in [3.8, 4) is 0 Å². The van der Waals surface area contributed by atoms with Crippen molar-refractivity contribution in [2.45, 2.75) is 38.3 Å². The van der Waals surface area contributed by atoms with Crippen LogP contribution in [0.5, 0.6) is 0 Å². The van der Waals surface area contributed by atoms with Crippen molar-refractivity contribution < 1.29 is 13.2 Å². The number of hydrogen-bond donors (Lipinski definition) is 1. The van der Waals surface area contributed by atoms with Gasteiger partial charge in [-0.1, -0.05) is 44.2 Å². The van der Waals surface area contributed by atoms with Gasteiger partial charge in [0.1, 0.15) is 0 Å². The highest BCUT2D eigenvalue weighted by Gasteiger charge is 2.22. The summed E-state index contributed by atoms with van der Waals surface area (Å²) in [5.41, 5.74) is 2.46. The summed E-state index contributed by atoms with van der Waals surface area (Å²) in [6.45, 7) is 5.44. The molecule has 3 rings (SSSR count). The Morgan fingerprint density at radius 3 is 2.52 bits per heavy atom. The molecule has 2 aromatic carbocycles. The van der Waals surface area contributed by atoms with Crippen LogP contribution in [0, 0.1) is 0 Å². The van der Waals surface area contributed by atoms with Gasteiger partial charge in [-0.05, 0) is 23.8 Å². The number of imidazole rings is 1. The molecule has 0 unspecified atom stereocenters. The Balaban J connectivity index is 1.66. The van der Waals surface area contributed by atoms with E-state index in [-0.39, 0.29) is 10.8 Å². The van der Waals surface area contributed by atoms with Crippen LogP contribution in [-0.4, -0.2) is 41.3 Å². The predicted octanol–water partition coefficient (Wildman–Crippen LogP) is 2.77. The lowest BCUT2D eigenvalue weighted by molar-refractivity contribution is -0.121. The van der Waals surface area contributed by atoms with E-state index < -0.39 is 10.0 Å². The van der Waals surface area contributed by atoms with Crippen LogP contribution in [0.2, 0.25) is 0 Å². The number of carbonyl (C=O) groups excluding carboxylic acids is 1. The van der Waals surface area contributed by atoms with Crippen molar-refractivity contribution in [3.05, 3.63) is 60.4 Å². The second-order valence-corrected chi connectivity index (χ2v) is 8.63. The van der Waals surface area contributed by atoms with Crippen LogP contribution >= 0.6 is 0 Å². The van der Waals surface area contributed by atoms with Crippen molar-refractivity contribution in [1.82, 2.24) is 19.2 Å². The highest BCUT2D eigenvalue weighted by Crippen LogP contribution is 2.21. The van der Waals surface area contributed by atoms with E-state index in [1.165, 1.54) is 4.31 Å². The molecular formula is C21H26N4O3S. The second kappa shape index (κ2) is 9.19. The average molecular weight is 415 g/mol. The van der Waals surface area contributed by atoms with E-state index in [0.29, 0.717) is 38.1 Å². The Kier molecular flexibility index (Phi) is 6.66. The fourth-order valence-electron chi connectivity index (χ4n) is 3.20. The molecule has 0 aliphatic heterocycles. The zero-order valence-corrected chi connectivity index (χ0v) is 17.5. The van der Waals surface area contributed by atoms with E-state index in [1.54, 1.807) is 24.5 Å². The summed E-state index contributed by atoms with van der Waals surface area (Å²) in [5, 5.41) is 2.91. The number of benzene rings is 2. The smallest absolute Gasteiger partial charge is 0.243 e. The summed E-state index contributed by atoms with van der Waals surface area (Å²) in [4.78, 5) is 16.7. The number of nitrogens with one attached hydrogen (secondary N) is 1. The molecule has 1 amide bonds. The van der Waals surface area contributed by atoms with Crippen LogP contribution in [0.25, 0.3) is 11.0 Å². The largest absolute Gasteiger partial charge is 0.352 e. The van der Waals surface area contributed by atoms with E-state index >= 15 is 0 Å². The average Bonchev–Trinajstić information content (AvgIpc) is 3.14. The molecule has 1 heterocycles. The van der Waals surface area contributed by atoms with E-state index in [1.807, 2.05) is 48.7 Å². The maximum absolute atomic E-state index is 12.7. The molecule has 0 fully saturated rings. The Morgan fingerprint density at radius 2 is 1.83 bits per heavy atom. The van der Waals surface area contributed by atoms with Crippen molar-refractivity contribution in [2.75, 3.05) is 13.1 Å². The highest BCUT2D eigenvalue weighted by molar-refractivity contribution is 7.89. The first-order valence-electron chi connectivity index (χ1n) is 9.71. The summed E-state index contributed by atoms with van der Waals surface area (Å²) in [6, 6.07) is 14.7. The van der Waals surface area contributed by atoms with Gasteiger partial charge in [0.05, 0.1) is 22.3 Å². The van der Waals surface area contributed by atoms with Crippen LogP contribution in [0.15, 0.2) is 59.8 Å². The normalized spacial score (nSPS) is 11.8. The van der Waals surface area contributed by atoms with Crippen molar-refractivity contribution in [2.24, 2.45) is 0 Å². The molecule has 0 aliphatic rings. The molecule has 154 valence electrons. The molecular weight excluding hydrogens is 388 g/mol. The van der Waals surface area contributed by atoms with Gasteiger partial charge in [0.15, 0.2) is 0 Å². The molecule has 0 radical (unpaired) electrons. The summed E-state index contributed by atoms with van der Waals surface area (Å²) in [7, 11) is -3.52. The number of aryl methyl sites for hydroxylation is 1. The molecule has 3 aromatic rings. The predicted molar refractivity (Wildman–Crippen MR) is 113 cm³/mol. The summed E-state index contributed by atoms with van der Waals surface area (Å²) in [6.07, 6.45) is 1.96. The minimum Gasteiger partial charge on any atom is -0.352 e. The highest BCUT2D eigenvalue weighted by atomic mass is 32.2. The number of sulfonamides is 1. The van der Waals surface area contributed by atoms with E-state index in [4.69, 9.17) is 0 Å². The minimum absolute atomic E-state index is 0.0450. The first-order valence-corrected chi connectivity index (χ1v) is 11.2. The molecule has 7 nitrogen and oxygen atoms in total. The topological polar surface area (TPSA) is 84.3 Å². The van der Waals surface area contributed by atoms with E-state index in [9.17, 15) is 13.2 Å². The van der Waals surface area contributed by atoms with E-state index in [2.05, 4.69) is 10.3 Å². The lowest BCUT2D eigenvalue weighted by Crippen LogP contribution is -2.30. The van der Waals surface area contributed by atoms with Gasteiger partial charge in [-0.15, -0.1) is 0 Å². The van der Waals surface area contributed by atoms with Gasteiger partial charge < -0.3 is 9.88 Å². The first kappa shape index (κ1) is 21.0. The van der Waals surface area contributed by atoms with Crippen LogP contribution in [-0.2, 0) is 27.9 Å². The maximum Gasteiger partial charge on any atom is 0.243 e.